The van der Waals surface area contributed by atoms with Gasteiger partial charge in [-0.25, -0.2) is 0 Å². The second-order valence-electron chi connectivity index (χ2n) is 4.89. The summed E-state index contributed by atoms with van der Waals surface area (Å²) in [6, 6.07) is 5.54. The second kappa shape index (κ2) is 6.95. The van der Waals surface area contributed by atoms with Crippen molar-refractivity contribution in [1.29, 1.82) is 0 Å². The number of rotatable bonds is 6. The molecule has 0 saturated heterocycles. The predicted octanol–water partition coefficient (Wildman–Crippen LogP) is 3.05. The summed E-state index contributed by atoms with van der Waals surface area (Å²) in [6.45, 7) is 3.10. The van der Waals surface area contributed by atoms with Crippen LogP contribution in [-0.4, -0.2) is 30.5 Å². The first kappa shape index (κ1) is 16.8. The van der Waals surface area contributed by atoms with Gasteiger partial charge in [0.05, 0.1) is 19.6 Å². The van der Waals surface area contributed by atoms with Gasteiger partial charge in [-0.2, -0.15) is 13.2 Å². The third-order valence-electron chi connectivity index (χ3n) is 3.02. The van der Waals surface area contributed by atoms with E-state index >= 15 is 0 Å². The minimum atomic E-state index is -4.21. The Bertz CT molecular complexity index is 406. The van der Waals surface area contributed by atoms with Crippen molar-refractivity contribution >= 4 is 0 Å². The molecule has 20 heavy (non-hydrogen) atoms. The molecule has 0 spiro atoms. The zero-order chi connectivity index (χ0) is 15.3. The van der Waals surface area contributed by atoms with Crippen LogP contribution >= 0.6 is 0 Å². The maximum Gasteiger partial charge on any atom is 0.390 e. The Morgan fingerprint density at radius 2 is 1.75 bits per heavy atom. The number of nitrogens with one attached hydrogen (secondary N) is 1. The minimum absolute atomic E-state index is 0.485. The van der Waals surface area contributed by atoms with Gasteiger partial charge in [0.15, 0.2) is 0 Å². The number of aliphatic hydroxyl groups excluding tert-OH is 1. The average molecular weight is 291 g/mol. The van der Waals surface area contributed by atoms with Gasteiger partial charge in [0.2, 0.25) is 0 Å². The fourth-order valence-corrected chi connectivity index (χ4v) is 2.04. The zero-order valence-electron chi connectivity index (χ0n) is 11.7. The van der Waals surface area contributed by atoms with E-state index in [1.54, 1.807) is 31.2 Å². The van der Waals surface area contributed by atoms with E-state index in [0.717, 1.165) is 0 Å². The minimum Gasteiger partial charge on any atom is -0.497 e. The molecule has 3 unspecified atom stereocenters. The molecule has 1 aromatic carbocycles. The van der Waals surface area contributed by atoms with Gasteiger partial charge in [0.1, 0.15) is 5.75 Å². The number of ether oxygens (including phenoxy) is 1. The van der Waals surface area contributed by atoms with Crippen molar-refractivity contribution in [2.45, 2.75) is 44.6 Å². The zero-order valence-corrected chi connectivity index (χ0v) is 11.7. The number of aliphatic hydroxyl groups is 1. The summed E-state index contributed by atoms with van der Waals surface area (Å²) in [4.78, 5) is 0. The molecule has 1 aromatic rings. The van der Waals surface area contributed by atoms with E-state index in [9.17, 15) is 18.3 Å². The third-order valence-corrected chi connectivity index (χ3v) is 3.02. The number of methoxy groups -OCH3 is 1. The second-order valence-corrected chi connectivity index (χ2v) is 4.89. The summed E-state index contributed by atoms with van der Waals surface area (Å²) in [7, 11) is 1.54. The summed E-state index contributed by atoms with van der Waals surface area (Å²) in [5.74, 6) is 0.659. The van der Waals surface area contributed by atoms with E-state index in [-0.39, 0.29) is 0 Å². The summed E-state index contributed by atoms with van der Waals surface area (Å²) in [5, 5.41) is 12.9. The molecule has 0 fully saturated rings. The van der Waals surface area contributed by atoms with Gasteiger partial charge in [-0.15, -0.1) is 0 Å². The molecule has 0 amide bonds. The van der Waals surface area contributed by atoms with Crippen molar-refractivity contribution in [1.82, 2.24) is 5.32 Å². The van der Waals surface area contributed by atoms with Crippen LogP contribution in [0.2, 0.25) is 0 Å². The smallest absolute Gasteiger partial charge is 0.390 e. The average Bonchev–Trinajstić information content (AvgIpc) is 2.35. The van der Waals surface area contributed by atoms with Crippen LogP contribution in [0.15, 0.2) is 24.3 Å². The van der Waals surface area contributed by atoms with Crippen LogP contribution in [0.4, 0.5) is 13.2 Å². The monoisotopic (exact) mass is 291 g/mol. The van der Waals surface area contributed by atoms with Crippen molar-refractivity contribution < 1.29 is 23.0 Å². The third kappa shape index (κ3) is 5.38. The fraction of sp³-hybridized carbons (Fsp3) is 0.571. The Labute approximate surface area is 116 Å². The highest BCUT2D eigenvalue weighted by Crippen LogP contribution is 2.24. The first-order valence-electron chi connectivity index (χ1n) is 6.37. The Morgan fingerprint density at radius 3 is 2.20 bits per heavy atom. The van der Waals surface area contributed by atoms with Crippen molar-refractivity contribution in [2.75, 3.05) is 7.11 Å². The number of hydrogen-bond acceptors (Lipinski definition) is 3. The van der Waals surface area contributed by atoms with Gasteiger partial charge >= 0.3 is 6.18 Å². The lowest BCUT2D eigenvalue weighted by atomic mass is 10.0. The van der Waals surface area contributed by atoms with Crippen LogP contribution in [0.5, 0.6) is 5.75 Å². The molecule has 3 atom stereocenters. The lowest BCUT2D eigenvalue weighted by Gasteiger charge is -2.25. The van der Waals surface area contributed by atoms with Crippen LogP contribution < -0.4 is 10.1 Å². The van der Waals surface area contributed by atoms with Crippen LogP contribution in [0.3, 0.4) is 0 Å². The SMILES string of the molecule is COc1ccc(C(O)C(C)NC(C)CC(F)(F)F)cc1. The number of benzene rings is 1. The van der Waals surface area contributed by atoms with E-state index in [2.05, 4.69) is 5.32 Å². The number of halogens is 3. The summed E-state index contributed by atoms with van der Waals surface area (Å²) >= 11 is 0. The molecule has 6 heteroatoms. The van der Waals surface area contributed by atoms with Crippen LogP contribution in [-0.2, 0) is 0 Å². The quantitative estimate of drug-likeness (QED) is 0.846. The normalized spacial score (nSPS) is 16.6. The molecule has 0 saturated carbocycles. The molecule has 0 aromatic heterocycles. The lowest BCUT2D eigenvalue weighted by molar-refractivity contribution is -0.139. The maximum absolute atomic E-state index is 12.2. The Morgan fingerprint density at radius 1 is 1.20 bits per heavy atom. The van der Waals surface area contributed by atoms with Crippen molar-refractivity contribution in [3.63, 3.8) is 0 Å². The Balaban J connectivity index is 2.59. The van der Waals surface area contributed by atoms with Crippen molar-refractivity contribution in [3.8, 4) is 5.75 Å². The molecule has 0 aliphatic heterocycles. The van der Waals surface area contributed by atoms with Crippen molar-refractivity contribution in [2.24, 2.45) is 0 Å². The summed E-state index contributed by atoms with van der Waals surface area (Å²) in [5.41, 5.74) is 0.630. The molecular weight excluding hydrogens is 271 g/mol. The molecule has 0 heterocycles. The lowest BCUT2D eigenvalue weighted by Crippen LogP contribution is -2.40. The highest BCUT2D eigenvalue weighted by molar-refractivity contribution is 5.29. The van der Waals surface area contributed by atoms with Gasteiger partial charge in [-0.1, -0.05) is 12.1 Å². The maximum atomic E-state index is 12.2. The highest BCUT2D eigenvalue weighted by Gasteiger charge is 2.31. The Kier molecular flexibility index (Phi) is 5.83. The van der Waals surface area contributed by atoms with Crippen LogP contribution in [0, 0.1) is 0 Å². The van der Waals surface area contributed by atoms with Crippen LogP contribution in [0.1, 0.15) is 31.9 Å². The molecule has 0 radical (unpaired) electrons. The van der Waals surface area contributed by atoms with E-state index in [4.69, 9.17) is 4.74 Å². The molecule has 0 aliphatic carbocycles. The molecule has 114 valence electrons. The molecular formula is C14H20F3NO2. The van der Waals surface area contributed by atoms with Crippen molar-refractivity contribution in [3.05, 3.63) is 29.8 Å². The fourth-order valence-electron chi connectivity index (χ4n) is 2.04. The van der Waals surface area contributed by atoms with E-state index in [0.29, 0.717) is 11.3 Å². The molecule has 0 aliphatic rings. The Hall–Kier alpha value is -1.27. The first-order valence-corrected chi connectivity index (χ1v) is 6.37. The molecule has 3 nitrogen and oxygen atoms in total. The topological polar surface area (TPSA) is 41.5 Å². The highest BCUT2D eigenvalue weighted by atomic mass is 19.4. The van der Waals surface area contributed by atoms with E-state index in [1.165, 1.54) is 14.0 Å². The summed E-state index contributed by atoms with van der Waals surface area (Å²) < 4.78 is 41.7. The predicted molar refractivity (Wildman–Crippen MR) is 70.7 cm³/mol. The largest absolute Gasteiger partial charge is 0.497 e. The summed E-state index contributed by atoms with van der Waals surface area (Å²) in [6.07, 6.45) is -6.01. The van der Waals surface area contributed by atoms with Gasteiger partial charge in [-0.3, -0.25) is 0 Å². The van der Waals surface area contributed by atoms with Crippen LogP contribution in [0.25, 0.3) is 0 Å². The van der Waals surface area contributed by atoms with Gasteiger partial charge < -0.3 is 15.2 Å². The molecule has 0 bridgehead atoms. The molecule has 1 rings (SSSR count). The molecule has 2 N–H and O–H groups in total. The van der Waals surface area contributed by atoms with E-state index in [1.807, 2.05) is 0 Å². The standard InChI is InChI=1S/C14H20F3NO2/c1-9(8-14(15,16)17)18-10(2)13(19)11-4-6-12(20-3)7-5-11/h4-7,9-10,13,18-19H,8H2,1-3H3. The van der Waals surface area contributed by atoms with Gasteiger partial charge in [0.25, 0.3) is 0 Å². The number of alkyl halides is 3. The number of hydrogen-bond donors (Lipinski definition) is 2. The first-order chi connectivity index (χ1) is 9.23. The van der Waals surface area contributed by atoms with E-state index < -0.39 is 30.8 Å². The van der Waals surface area contributed by atoms with Gasteiger partial charge in [-0.05, 0) is 31.5 Å². The van der Waals surface area contributed by atoms with Gasteiger partial charge in [0, 0.05) is 12.1 Å².